The number of rotatable bonds is 19. The molecule has 19 heteroatoms. The highest BCUT2D eigenvalue weighted by molar-refractivity contribution is 5.96. The Morgan fingerprint density at radius 2 is 1.62 bits per heavy atom. The molecule has 8 rings (SSSR count). The summed E-state index contributed by atoms with van der Waals surface area (Å²) < 4.78 is 11.4. The van der Waals surface area contributed by atoms with Gasteiger partial charge in [-0.3, -0.25) is 19.8 Å². The molecular formula is C49H73N11O8. The van der Waals surface area contributed by atoms with Gasteiger partial charge in [0.1, 0.15) is 30.7 Å². The van der Waals surface area contributed by atoms with E-state index < -0.39 is 36.9 Å². The third-order valence-electron chi connectivity index (χ3n) is 14.5. The highest BCUT2D eigenvalue weighted by Crippen LogP contribution is 2.46. The molecule has 0 radical (unpaired) electrons. The van der Waals surface area contributed by atoms with Crippen LogP contribution in [-0.4, -0.2) is 154 Å². The fourth-order valence-electron chi connectivity index (χ4n) is 10.6. The van der Waals surface area contributed by atoms with Gasteiger partial charge in [0.25, 0.3) is 5.91 Å². The Morgan fingerprint density at radius 3 is 2.34 bits per heavy atom. The minimum atomic E-state index is -1.08. The summed E-state index contributed by atoms with van der Waals surface area (Å²) >= 11 is 0. The van der Waals surface area contributed by atoms with Crippen LogP contribution < -0.4 is 36.6 Å². The molecule has 2 aromatic carbocycles. The topological polar surface area (TPSA) is 246 Å². The summed E-state index contributed by atoms with van der Waals surface area (Å²) in [6.45, 7) is 9.14. The number of piperazine rings is 1. The van der Waals surface area contributed by atoms with Gasteiger partial charge in [0.05, 0.1) is 24.5 Å². The molecule has 4 fully saturated rings. The third kappa shape index (κ3) is 11.6. The van der Waals surface area contributed by atoms with Crippen molar-refractivity contribution in [3.8, 4) is 5.75 Å². The summed E-state index contributed by atoms with van der Waals surface area (Å²) in [7, 11) is 1.67. The number of amides is 2. The van der Waals surface area contributed by atoms with Crippen LogP contribution >= 0.6 is 0 Å². The van der Waals surface area contributed by atoms with Gasteiger partial charge < -0.3 is 61.4 Å². The Balaban J connectivity index is 0.729. The van der Waals surface area contributed by atoms with E-state index in [0.29, 0.717) is 85.6 Å². The number of carbonyl (C=O) groups is 2. The lowest BCUT2D eigenvalue weighted by Crippen LogP contribution is -2.57. The summed E-state index contributed by atoms with van der Waals surface area (Å²) in [4.78, 5) is 43.6. The van der Waals surface area contributed by atoms with Gasteiger partial charge in [-0.05, 0) is 76.0 Å². The molecule has 372 valence electrons. The number of piperidine rings is 2. The fraction of sp³-hybridized carbons (Fsp3) is 0.633. The zero-order chi connectivity index (χ0) is 47.7. The Hall–Kier alpha value is -4.86. The van der Waals surface area contributed by atoms with E-state index in [0.717, 1.165) is 114 Å². The number of unbranched alkanes of at least 4 members (excludes halogenated alkanes) is 4. The number of anilines is 5. The van der Waals surface area contributed by atoms with Gasteiger partial charge in [0.2, 0.25) is 5.91 Å². The van der Waals surface area contributed by atoms with E-state index in [2.05, 4.69) is 36.1 Å². The van der Waals surface area contributed by atoms with Gasteiger partial charge in [-0.15, -0.1) is 0 Å². The summed E-state index contributed by atoms with van der Waals surface area (Å²) in [6, 6.07) is 11.6. The number of carbonyl (C=O) groups excluding carboxylic acids is 2. The molecule has 0 bridgehead atoms. The van der Waals surface area contributed by atoms with E-state index in [-0.39, 0.29) is 17.6 Å². The number of aromatic nitrogens is 2. The smallest absolute Gasteiger partial charge is 0.271 e. The molecular weight excluding hydrogens is 871 g/mol. The van der Waals surface area contributed by atoms with E-state index in [1.807, 2.05) is 42.2 Å². The number of ether oxygens (including phenoxy) is 2. The second-order valence-electron chi connectivity index (χ2n) is 18.8. The average Bonchev–Trinajstić information content (AvgIpc) is 3.61. The van der Waals surface area contributed by atoms with Crippen molar-refractivity contribution in [3.63, 3.8) is 0 Å². The van der Waals surface area contributed by atoms with Crippen molar-refractivity contribution >= 4 is 40.5 Å². The van der Waals surface area contributed by atoms with Crippen molar-refractivity contribution in [1.82, 2.24) is 30.0 Å². The second-order valence-corrected chi connectivity index (χ2v) is 18.8. The lowest BCUT2D eigenvalue weighted by atomic mass is 10.0. The number of aliphatic hydroxyl groups excluding tert-OH is 4. The Morgan fingerprint density at radius 1 is 0.868 bits per heavy atom. The lowest BCUT2D eigenvalue weighted by molar-refractivity contribution is -0.158. The molecule has 68 heavy (non-hydrogen) atoms. The number of aliphatic hydroxyl groups is 4. The molecule has 3 aromatic rings. The SMILES string of the molecule is CCc1nc(C(N)=O)c(Nc2ccc(N3CCC(N4CCN(C(=O)CCCCCCCNc5cccc6c5C(O)N(C5CCC(O)NC5O)C6O)CC4)CC3)c(OC)c2)nc1NC1CCOCC1. The molecule has 0 saturated carbocycles. The molecule has 5 unspecified atom stereocenters. The van der Waals surface area contributed by atoms with Crippen LogP contribution in [0.25, 0.3) is 0 Å². The van der Waals surface area contributed by atoms with Crippen LogP contribution in [0.1, 0.15) is 124 Å². The van der Waals surface area contributed by atoms with Gasteiger partial charge >= 0.3 is 0 Å². The molecule has 19 nitrogen and oxygen atoms in total. The Bertz CT molecular complexity index is 2160. The van der Waals surface area contributed by atoms with Crippen molar-refractivity contribution in [3.05, 3.63) is 58.9 Å². The standard InChI is InChI=1S/C49H73N11O8/c1-3-35-45(52-31-19-28-68-29-20-31)56-46(43(54-35)44(50)63)53-32-13-14-37(39(30-32)67-2)58-22-17-33(18-23-58)57-24-26-59(27-25-57)41(62)12-7-5-4-6-8-21-51-36-11-9-10-34-42(36)49(66)60(48(34)65)38-15-16-40(61)55-47(38)64/h9-11,13-14,30-31,33,38,40,47-49,51,55,61,64-66H,3-8,12,15-29H2,1-2H3,(H2,50,63)(H2,52,53,56). The van der Waals surface area contributed by atoms with Crippen molar-refractivity contribution in [1.29, 1.82) is 0 Å². The number of nitrogens with one attached hydrogen (secondary N) is 4. The van der Waals surface area contributed by atoms with E-state index in [4.69, 9.17) is 20.2 Å². The first-order valence-corrected chi connectivity index (χ1v) is 24.9. The Labute approximate surface area is 399 Å². The number of methoxy groups -OCH3 is 1. The van der Waals surface area contributed by atoms with Crippen molar-refractivity contribution in [2.24, 2.45) is 5.73 Å². The lowest BCUT2D eigenvalue weighted by Gasteiger charge is -2.43. The molecule has 1 aromatic heterocycles. The zero-order valence-electron chi connectivity index (χ0n) is 39.7. The van der Waals surface area contributed by atoms with Crippen LogP contribution in [-0.2, 0) is 16.0 Å². The number of nitrogens with zero attached hydrogens (tertiary/aromatic N) is 6. The van der Waals surface area contributed by atoms with Gasteiger partial charge in [0.15, 0.2) is 17.3 Å². The van der Waals surface area contributed by atoms with Crippen LogP contribution in [0.4, 0.5) is 28.7 Å². The van der Waals surface area contributed by atoms with Gasteiger partial charge in [0, 0.05) is 106 Å². The molecule has 5 atom stereocenters. The van der Waals surface area contributed by atoms with E-state index in [1.54, 1.807) is 13.2 Å². The number of aryl methyl sites for hydroxylation is 1. The monoisotopic (exact) mass is 944 g/mol. The van der Waals surface area contributed by atoms with Crippen molar-refractivity contribution < 1.29 is 39.5 Å². The molecule has 2 amide bonds. The minimum Gasteiger partial charge on any atom is -0.495 e. The predicted molar refractivity (Wildman–Crippen MR) is 260 cm³/mol. The highest BCUT2D eigenvalue weighted by atomic mass is 16.5. The summed E-state index contributed by atoms with van der Waals surface area (Å²) in [5.74, 6) is 1.26. The van der Waals surface area contributed by atoms with Crippen molar-refractivity contribution in [2.45, 2.75) is 133 Å². The fourth-order valence-corrected chi connectivity index (χ4v) is 10.6. The number of hydrogen-bond acceptors (Lipinski definition) is 17. The van der Waals surface area contributed by atoms with Crippen LogP contribution in [0.15, 0.2) is 36.4 Å². The average molecular weight is 944 g/mol. The number of primary amides is 1. The number of hydrogen-bond donors (Lipinski definition) is 9. The van der Waals surface area contributed by atoms with E-state index in [9.17, 15) is 30.0 Å². The van der Waals surface area contributed by atoms with Crippen molar-refractivity contribution in [2.75, 3.05) is 87.0 Å². The quantitative estimate of drug-likeness (QED) is 0.0778. The summed E-state index contributed by atoms with van der Waals surface area (Å²) in [6.07, 6.45) is 6.62. The first-order valence-electron chi connectivity index (χ1n) is 24.9. The molecule has 4 saturated heterocycles. The maximum absolute atomic E-state index is 13.2. The van der Waals surface area contributed by atoms with Crippen LogP contribution in [0.3, 0.4) is 0 Å². The Kier molecular flexibility index (Phi) is 16.9. The number of nitrogens with two attached hydrogens (primary N) is 1. The highest BCUT2D eigenvalue weighted by Gasteiger charge is 2.45. The van der Waals surface area contributed by atoms with Crippen LogP contribution in [0.5, 0.6) is 5.75 Å². The third-order valence-corrected chi connectivity index (χ3v) is 14.5. The van der Waals surface area contributed by atoms with E-state index >= 15 is 0 Å². The molecule has 0 spiro atoms. The normalized spacial score (nSPS) is 24.2. The predicted octanol–water partition coefficient (Wildman–Crippen LogP) is 3.73. The first kappa shape index (κ1) is 49.6. The van der Waals surface area contributed by atoms with Gasteiger partial charge in [-0.1, -0.05) is 38.3 Å². The van der Waals surface area contributed by atoms with Crippen LogP contribution in [0, 0.1) is 0 Å². The van der Waals surface area contributed by atoms with E-state index in [1.165, 1.54) is 4.90 Å². The largest absolute Gasteiger partial charge is 0.495 e. The van der Waals surface area contributed by atoms with Gasteiger partial charge in [-0.2, -0.15) is 0 Å². The maximum atomic E-state index is 13.2. The molecule has 5 aliphatic rings. The zero-order valence-corrected chi connectivity index (χ0v) is 39.7. The number of benzene rings is 2. The molecule has 0 aliphatic carbocycles. The maximum Gasteiger partial charge on any atom is 0.271 e. The minimum absolute atomic E-state index is 0.0931. The van der Waals surface area contributed by atoms with Crippen LogP contribution in [0.2, 0.25) is 0 Å². The molecule has 10 N–H and O–H groups in total. The summed E-state index contributed by atoms with van der Waals surface area (Å²) in [5, 5.41) is 55.7. The summed E-state index contributed by atoms with van der Waals surface area (Å²) in [5.41, 5.74) is 10.3. The second kappa shape index (κ2) is 23.2. The van der Waals surface area contributed by atoms with Gasteiger partial charge in [-0.25, -0.2) is 14.9 Å². The molecule has 5 aliphatic heterocycles. The number of fused-ring (bicyclic) bond motifs is 1. The molecule has 6 heterocycles. The first-order chi connectivity index (χ1) is 33.0.